The second-order valence-corrected chi connectivity index (χ2v) is 7.94. The van der Waals surface area contributed by atoms with Crippen LogP contribution in [0.15, 0.2) is 30.3 Å². The van der Waals surface area contributed by atoms with Gasteiger partial charge in [0.15, 0.2) is 0 Å². The number of likely N-dealkylation sites (tertiary alicyclic amines) is 1. The van der Waals surface area contributed by atoms with Gasteiger partial charge < -0.3 is 19.7 Å². The molecule has 1 aliphatic heterocycles. The van der Waals surface area contributed by atoms with E-state index in [1.807, 2.05) is 30.3 Å². The van der Waals surface area contributed by atoms with E-state index in [4.69, 9.17) is 9.47 Å². The van der Waals surface area contributed by atoms with Crippen LogP contribution >= 0.6 is 0 Å². The molecular weight excluding hydrogens is 360 g/mol. The zero-order valence-corrected chi connectivity index (χ0v) is 16.9. The van der Waals surface area contributed by atoms with Gasteiger partial charge in [-0.1, -0.05) is 30.3 Å². The van der Waals surface area contributed by atoms with Gasteiger partial charge in [0.25, 0.3) is 0 Å². The van der Waals surface area contributed by atoms with Crippen LogP contribution in [0.3, 0.4) is 0 Å². The summed E-state index contributed by atoms with van der Waals surface area (Å²) in [6.07, 6.45) is 2.11. The number of nitrogens with one attached hydrogen (secondary N) is 1. The molecule has 0 radical (unpaired) electrons. The first-order chi connectivity index (χ1) is 13.2. The Balaban J connectivity index is 2.00. The van der Waals surface area contributed by atoms with Crippen molar-refractivity contribution in [2.75, 3.05) is 13.1 Å². The monoisotopic (exact) mass is 390 g/mol. The molecule has 1 saturated heterocycles. The number of amides is 2. The third-order valence-electron chi connectivity index (χ3n) is 4.29. The van der Waals surface area contributed by atoms with Crippen LogP contribution in [0.25, 0.3) is 0 Å². The molecule has 7 heteroatoms. The Labute approximate surface area is 166 Å². The van der Waals surface area contributed by atoms with E-state index in [2.05, 4.69) is 5.32 Å². The first-order valence-electron chi connectivity index (χ1n) is 9.72. The van der Waals surface area contributed by atoms with Crippen LogP contribution in [0.4, 0.5) is 4.79 Å². The van der Waals surface area contributed by atoms with E-state index < -0.39 is 23.7 Å². The van der Waals surface area contributed by atoms with Crippen molar-refractivity contribution in [1.82, 2.24) is 10.2 Å². The van der Waals surface area contributed by atoms with Crippen molar-refractivity contribution >= 4 is 18.0 Å². The van der Waals surface area contributed by atoms with Crippen LogP contribution in [0.5, 0.6) is 0 Å². The van der Waals surface area contributed by atoms with Gasteiger partial charge in [-0.2, -0.15) is 0 Å². The van der Waals surface area contributed by atoms with Gasteiger partial charge in [-0.3, -0.25) is 4.79 Å². The lowest BCUT2D eigenvalue weighted by molar-refractivity contribution is -0.150. The van der Waals surface area contributed by atoms with Gasteiger partial charge in [0.1, 0.15) is 18.2 Å². The number of carbonyl (C=O) groups excluding carboxylic acids is 3. The molecule has 1 heterocycles. The van der Waals surface area contributed by atoms with Crippen molar-refractivity contribution < 1.29 is 23.9 Å². The predicted molar refractivity (Wildman–Crippen MR) is 104 cm³/mol. The van der Waals surface area contributed by atoms with Crippen molar-refractivity contribution in [1.29, 1.82) is 0 Å². The van der Waals surface area contributed by atoms with Crippen molar-refractivity contribution in [3.8, 4) is 0 Å². The maximum atomic E-state index is 12.6. The molecule has 1 N–H and O–H groups in total. The number of carbonyl (C=O) groups is 3. The van der Waals surface area contributed by atoms with Crippen molar-refractivity contribution in [3.63, 3.8) is 0 Å². The SMILES string of the molecule is CC(C)(C)OC(=O)N[C@H](CC(=O)N1CCCCC1)C(=O)OCc1ccccc1. The quantitative estimate of drug-likeness (QED) is 0.755. The first-order valence-corrected chi connectivity index (χ1v) is 9.72. The van der Waals surface area contributed by atoms with Gasteiger partial charge in [-0.15, -0.1) is 0 Å². The molecule has 0 aromatic heterocycles. The van der Waals surface area contributed by atoms with Crippen LogP contribution in [-0.4, -0.2) is 47.6 Å². The standard InChI is InChI=1S/C21H30N2O5/c1-21(2,3)28-20(26)22-17(14-18(24)23-12-8-5-9-13-23)19(25)27-15-16-10-6-4-7-11-16/h4,6-7,10-11,17H,5,8-9,12-15H2,1-3H3,(H,22,26)/t17-/m1/s1. The Bertz CT molecular complexity index is 663. The molecule has 2 amide bonds. The number of ether oxygens (including phenoxy) is 2. The molecule has 1 fully saturated rings. The minimum Gasteiger partial charge on any atom is -0.459 e. The summed E-state index contributed by atoms with van der Waals surface area (Å²) in [6, 6.07) is 8.15. The highest BCUT2D eigenvalue weighted by atomic mass is 16.6. The first kappa shape index (κ1) is 21.7. The lowest BCUT2D eigenvalue weighted by Crippen LogP contribution is -2.48. The Morgan fingerprint density at radius 1 is 1.07 bits per heavy atom. The molecule has 0 spiro atoms. The van der Waals surface area contributed by atoms with Gasteiger partial charge >= 0.3 is 12.1 Å². The van der Waals surface area contributed by atoms with Gasteiger partial charge in [-0.05, 0) is 45.6 Å². The highest BCUT2D eigenvalue weighted by Gasteiger charge is 2.30. The summed E-state index contributed by atoms with van der Waals surface area (Å²) in [4.78, 5) is 39.0. The van der Waals surface area contributed by atoms with Gasteiger partial charge in [0.2, 0.25) is 5.91 Å². The van der Waals surface area contributed by atoms with E-state index in [-0.39, 0.29) is 18.9 Å². The third-order valence-corrected chi connectivity index (χ3v) is 4.29. The fourth-order valence-corrected chi connectivity index (χ4v) is 2.92. The topological polar surface area (TPSA) is 84.9 Å². The molecule has 1 aromatic rings. The molecule has 0 aliphatic carbocycles. The molecular formula is C21H30N2O5. The minimum atomic E-state index is -1.09. The molecule has 1 atom stereocenters. The number of hydrogen-bond acceptors (Lipinski definition) is 5. The van der Waals surface area contributed by atoms with Crippen LogP contribution < -0.4 is 5.32 Å². The van der Waals surface area contributed by atoms with Crippen molar-refractivity contribution in [2.45, 2.75) is 64.7 Å². The maximum absolute atomic E-state index is 12.6. The van der Waals surface area contributed by atoms with E-state index >= 15 is 0 Å². The number of hydrogen-bond donors (Lipinski definition) is 1. The van der Waals surface area contributed by atoms with Gasteiger partial charge in [-0.25, -0.2) is 9.59 Å². The van der Waals surface area contributed by atoms with E-state index in [9.17, 15) is 14.4 Å². The summed E-state index contributed by atoms with van der Waals surface area (Å²) in [5, 5.41) is 2.50. The number of rotatable bonds is 6. The Morgan fingerprint density at radius 3 is 2.32 bits per heavy atom. The Morgan fingerprint density at radius 2 is 1.71 bits per heavy atom. The molecule has 7 nitrogen and oxygen atoms in total. The molecule has 0 bridgehead atoms. The van der Waals surface area contributed by atoms with Crippen molar-refractivity contribution in [3.05, 3.63) is 35.9 Å². The van der Waals surface area contributed by atoms with Crippen LogP contribution in [0.1, 0.15) is 52.0 Å². The van der Waals surface area contributed by atoms with Crippen molar-refractivity contribution in [2.24, 2.45) is 0 Å². The van der Waals surface area contributed by atoms with Gasteiger partial charge in [0.05, 0.1) is 6.42 Å². The third kappa shape index (κ3) is 7.58. The summed E-state index contributed by atoms with van der Waals surface area (Å²) < 4.78 is 10.6. The summed E-state index contributed by atoms with van der Waals surface area (Å²) >= 11 is 0. The summed E-state index contributed by atoms with van der Waals surface area (Å²) in [5.41, 5.74) is 0.119. The molecule has 154 valence electrons. The average Bonchev–Trinajstić information content (AvgIpc) is 2.65. The number of alkyl carbamates (subject to hydrolysis) is 1. The Hall–Kier alpha value is -2.57. The number of nitrogens with zero attached hydrogens (tertiary/aromatic N) is 1. The molecule has 0 saturated carbocycles. The molecule has 28 heavy (non-hydrogen) atoms. The normalized spacial score (nSPS) is 15.5. The number of piperidine rings is 1. The summed E-state index contributed by atoms with van der Waals surface area (Å²) in [6.45, 7) is 6.62. The molecule has 2 rings (SSSR count). The lowest BCUT2D eigenvalue weighted by atomic mass is 10.1. The fourth-order valence-electron chi connectivity index (χ4n) is 2.92. The van der Waals surface area contributed by atoms with E-state index in [0.29, 0.717) is 13.1 Å². The highest BCUT2D eigenvalue weighted by molar-refractivity contribution is 5.88. The van der Waals surface area contributed by atoms with E-state index in [1.165, 1.54) is 0 Å². The van der Waals surface area contributed by atoms with E-state index in [1.54, 1.807) is 25.7 Å². The summed E-state index contributed by atoms with van der Waals surface area (Å²) in [7, 11) is 0. The summed E-state index contributed by atoms with van der Waals surface area (Å²) in [5.74, 6) is -0.822. The predicted octanol–water partition coefficient (Wildman–Crippen LogP) is 3.03. The van der Waals surface area contributed by atoms with E-state index in [0.717, 1.165) is 24.8 Å². The average molecular weight is 390 g/mol. The van der Waals surface area contributed by atoms with Gasteiger partial charge in [0, 0.05) is 13.1 Å². The second kappa shape index (κ2) is 10.1. The molecule has 0 unspecified atom stereocenters. The molecule has 1 aromatic carbocycles. The lowest BCUT2D eigenvalue weighted by Gasteiger charge is -2.28. The van der Waals surface area contributed by atoms with Crippen LogP contribution in [0, 0.1) is 0 Å². The smallest absolute Gasteiger partial charge is 0.408 e. The largest absolute Gasteiger partial charge is 0.459 e. The second-order valence-electron chi connectivity index (χ2n) is 7.94. The molecule has 1 aliphatic rings. The van der Waals surface area contributed by atoms with Crippen LogP contribution in [0.2, 0.25) is 0 Å². The highest BCUT2D eigenvalue weighted by Crippen LogP contribution is 2.13. The van der Waals surface area contributed by atoms with Crippen LogP contribution in [-0.2, 0) is 25.7 Å². The zero-order chi connectivity index (χ0) is 20.6. The maximum Gasteiger partial charge on any atom is 0.408 e. The Kier molecular flexibility index (Phi) is 7.84. The fraction of sp³-hybridized carbons (Fsp3) is 0.571. The zero-order valence-electron chi connectivity index (χ0n) is 16.9. The number of benzene rings is 1. The number of esters is 1. The minimum absolute atomic E-state index is 0.0735.